The molecule has 2 aliphatic carbocycles. The van der Waals surface area contributed by atoms with Crippen LogP contribution in [0.5, 0.6) is 0 Å². The Morgan fingerprint density at radius 2 is 1.82 bits per heavy atom. The molecule has 0 saturated heterocycles. The summed E-state index contributed by atoms with van der Waals surface area (Å²) in [6.07, 6.45) is 7.55. The molecule has 1 heterocycles. The van der Waals surface area contributed by atoms with E-state index in [4.69, 9.17) is 11.5 Å². The van der Waals surface area contributed by atoms with Crippen molar-refractivity contribution >= 4 is 23.3 Å². The van der Waals surface area contributed by atoms with E-state index < -0.39 is 5.66 Å². The van der Waals surface area contributed by atoms with Gasteiger partial charge in [0.15, 0.2) is 0 Å². The van der Waals surface area contributed by atoms with Crippen molar-refractivity contribution < 1.29 is 9.50 Å². The summed E-state index contributed by atoms with van der Waals surface area (Å²) in [5, 5.41) is 13.2. The molecule has 2 saturated carbocycles. The van der Waals surface area contributed by atoms with E-state index in [1.54, 1.807) is 11.0 Å². The van der Waals surface area contributed by atoms with Crippen LogP contribution >= 0.6 is 0 Å². The molecule has 1 aliphatic heterocycles. The van der Waals surface area contributed by atoms with E-state index >= 15 is 4.39 Å². The summed E-state index contributed by atoms with van der Waals surface area (Å²) < 4.78 is 15.1. The molecule has 0 unspecified atom stereocenters. The highest BCUT2D eigenvalue weighted by atomic mass is 19.1. The van der Waals surface area contributed by atoms with Gasteiger partial charge in [0.25, 0.3) is 0 Å². The second-order valence-electron chi connectivity index (χ2n) is 8.10. The molecular formula is C20H29FN6O. The second-order valence-corrected chi connectivity index (χ2v) is 8.10. The zero-order valence-corrected chi connectivity index (χ0v) is 16.1. The summed E-state index contributed by atoms with van der Waals surface area (Å²) >= 11 is 0. The number of aliphatic hydroxyl groups is 1. The number of anilines is 2. The molecular weight excluding hydrogens is 359 g/mol. The van der Waals surface area contributed by atoms with Crippen molar-refractivity contribution in [2.45, 2.75) is 75.6 Å². The first-order valence-electron chi connectivity index (χ1n) is 10.2. The standard InChI is InChI=1S/C20H29FN6O/c21-15-5-4-6-16(24-13-7-9-14(28)10-8-13)17(15)27-19(23)25-18(22)26-20(27)11-2-1-3-12-20/h4-6,13-14,24,28H,1-3,7-12H2,(H4,22,23,25,26). The number of hydrogen-bond acceptors (Lipinski definition) is 7. The molecule has 8 heteroatoms. The third kappa shape index (κ3) is 3.53. The summed E-state index contributed by atoms with van der Waals surface area (Å²) in [6.45, 7) is 0. The summed E-state index contributed by atoms with van der Waals surface area (Å²) in [5.41, 5.74) is 12.6. The van der Waals surface area contributed by atoms with Gasteiger partial charge in [0, 0.05) is 6.04 Å². The lowest BCUT2D eigenvalue weighted by Gasteiger charge is -2.46. The number of nitrogens with two attached hydrogens (primary N) is 2. The molecule has 28 heavy (non-hydrogen) atoms. The first-order valence-corrected chi connectivity index (χ1v) is 10.2. The van der Waals surface area contributed by atoms with Crippen molar-refractivity contribution in [3.05, 3.63) is 24.0 Å². The zero-order chi connectivity index (χ0) is 19.7. The van der Waals surface area contributed by atoms with Crippen LogP contribution in [-0.4, -0.2) is 34.8 Å². The van der Waals surface area contributed by atoms with Crippen molar-refractivity contribution in [2.75, 3.05) is 10.2 Å². The number of para-hydroxylation sites is 1. The molecule has 3 aliphatic rings. The van der Waals surface area contributed by atoms with Crippen LogP contribution in [0.25, 0.3) is 0 Å². The number of hydrogen-bond donors (Lipinski definition) is 4. The molecule has 0 aromatic heterocycles. The topological polar surface area (TPSA) is 112 Å². The highest BCUT2D eigenvalue weighted by Crippen LogP contribution is 2.43. The summed E-state index contributed by atoms with van der Waals surface area (Å²) in [7, 11) is 0. The van der Waals surface area contributed by atoms with Gasteiger partial charge in [-0.1, -0.05) is 12.5 Å². The minimum Gasteiger partial charge on any atom is -0.393 e. The van der Waals surface area contributed by atoms with Crippen molar-refractivity contribution in [3.8, 4) is 0 Å². The van der Waals surface area contributed by atoms with E-state index in [9.17, 15) is 5.11 Å². The number of aliphatic hydroxyl groups excluding tert-OH is 1. The first kappa shape index (κ1) is 19.0. The third-order valence-corrected chi connectivity index (χ3v) is 6.12. The second kappa shape index (κ2) is 7.58. The Labute approximate surface area is 164 Å². The maximum atomic E-state index is 15.1. The zero-order valence-electron chi connectivity index (χ0n) is 16.1. The predicted molar refractivity (Wildman–Crippen MR) is 110 cm³/mol. The van der Waals surface area contributed by atoms with Crippen molar-refractivity contribution in [3.63, 3.8) is 0 Å². The van der Waals surface area contributed by atoms with E-state index in [-0.39, 0.29) is 29.9 Å². The van der Waals surface area contributed by atoms with Crippen LogP contribution in [-0.2, 0) is 0 Å². The molecule has 0 amide bonds. The van der Waals surface area contributed by atoms with Crippen LogP contribution in [0.15, 0.2) is 28.2 Å². The van der Waals surface area contributed by atoms with Crippen molar-refractivity contribution in [1.29, 1.82) is 0 Å². The molecule has 1 aromatic carbocycles. The van der Waals surface area contributed by atoms with Gasteiger partial charge >= 0.3 is 0 Å². The van der Waals surface area contributed by atoms with Gasteiger partial charge in [0.05, 0.1) is 11.8 Å². The van der Waals surface area contributed by atoms with E-state index in [0.717, 1.165) is 57.8 Å². The maximum Gasteiger partial charge on any atom is 0.220 e. The van der Waals surface area contributed by atoms with E-state index in [0.29, 0.717) is 11.4 Å². The van der Waals surface area contributed by atoms with Gasteiger partial charge in [0.2, 0.25) is 11.9 Å². The Morgan fingerprint density at radius 3 is 2.54 bits per heavy atom. The van der Waals surface area contributed by atoms with E-state index in [2.05, 4.69) is 15.3 Å². The average Bonchev–Trinajstić information content (AvgIpc) is 2.66. The predicted octanol–water partition coefficient (Wildman–Crippen LogP) is 2.65. The number of nitrogens with zero attached hydrogens (tertiary/aromatic N) is 3. The normalized spacial score (nSPS) is 27.3. The number of rotatable bonds is 3. The molecule has 152 valence electrons. The summed E-state index contributed by atoms with van der Waals surface area (Å²) in [5.74, 6) is -0.0241. The van der Waals surface area contributed by atoms with Gasteiger partial charge in [-0.3, -0.25) is 4.90 Å². The lowest BCUT2D eigenvalue weighted by molar-refractivity contribution is 0.126. The van der Waals surface area contributed by atoms with Gasteiger partial charge < -0.3 is 21.9 Å². The van der Waals surface area contributed by atoms with Gasteiger partial charge in [-0.05, 0) is 63.5 Å². The third-order valence-electron chi connectivity index (χ3n) is 6.12. The van der Waals surface area contributed by atoms with Crippen LogP contribution < -0.4 is 21.7 Å². The van der Waals surface area contributed by atoms with Gasteiger partial charge in [-0.25, -0.2) is 9.38 Å². The Morgan fingerprint density at radius 1 is 1.11 bits per heavy atom. The van der Waals surface area contributed by atoms with Gasteiger partial charge in [-0.15, -0.1) is 0 Å². The minimum atomic E-state index is -0.685. The molecule has 6 N–H and O–H groups in total. The highest BCUT2D eigenvalue weighted by molar-refractivity contribution is 6.07. The number of aliphatic imine (C=N–C) groups is 2. The Balaban J connectivity index is 1.72. The minimum absolute atomic E-state index is 0.155. The monoisotopic (exact) mass is 388 g/mol. The van der Waals surface area contributed by atoms with Gasteiger partial charge in [-0.2, -0.15) is 4.99 Å². The largest absolute Gasteiger partial charge is 0.393 e. The van der Waals surface area contributed by atoms with Crippen molar-refractivity contribution in [1.82, 2.24) is 0 Å². The number of halogens is 1. The number of guanidine groups is 2. The molecule has 0 bridgehead atoms. The number of benzene rings is 1. The van der Waals surface area contributed by atoms with Crippen LogP contribution in [0.1, 0.15) is 57.8 Å². The fourth-order valence-corrected chi connectivity index (χ4v) is 4.74. The van der Waals surface area contributed by atoms with E-state index in [1.165, 1.54) is 6.07 Å². The Bertz CT molecular complexity index is 781. The lowest BCUT2D eigenvalue weighted by Crippen LogP contribution is -2.58. The van der Waals surface area contributed by atoms with E-state index in [1.807, 2.05) is 6.07 Å². The SMILES string of the molecule is NC1=NC2(CCCCC2)N(c2c(F)cccc2NC2CCC(O)CC2)C(N)=N1. The Hall–Kier alpha value is -2.35. The van der Waals surface area contributed by atoms with Crippen LogP contribution in [0, 0.1) is 5.82 Å². The van der Waals surface area contributed by atoms with Crippen molar-refractivity contribution in [2.24, 2.45) is 21.5 Å². The maximum absolute atomic E-state index is 15.1. The average molecular weight is 388 g/mol. The van der Waals surface area contributed by atoms with Crippen LogP contribution in [0.3, 0.4) is 0 Å². The summed E-state index contributed by atoms with van der Waals surface area (Å²) in [4.78, 5) is 10.5. The summed E-state index contributed by atoms with van der Waals surface area (Å²) in [6, 6.07) is 5.19. The molecule has 2 fully saturated rings. The quantitative estimate of drug-likeness (QED) is 0.636. The fraction of sp³-hybridized carbons (Fsp3) is 0.600. The fourth-order valence-electron chi connectivity index (χ4n) is 4.74. The molecule has 1 aromatic rings. The highest BCUT2D eigenvalue weighted by Gasteiger charge is 2.44. The Kier molecular flexibility index (Phi) is 5.14. The smallest absolute Gasteiger partial charge is 0.220 e. The molecule has 1 spiro atoms. The van der Waals surface area contributed by atoms with Crippen LogP contribution in [0.4, 0.5) is 15.8 Å². The first-order chi connectivity index (χ1) is 13.5. The molecule has 4 rings (SSSR count). The lowest BCUT2D eigenvalue weighted by atomic mass is 9.87. The molecule has 7 nitrogen and oxygen atoms in total. The molecule has 0 radical (unpaired) electrons. The molecule has 0 atom stereocenters. The van der Waals surface area contributed by atoms with Crippen LogP contribution in [0.2, 0.25) is 0 Å². The van der Waals surface area contributed by atoms with Gasteiger partial charge in [0.1, 0.15) is 17.2 Å². The number of nitrogens with one attached hydrogen (secondary N) is 1.